The summed E-state index contributed by atoms with van der Waals surface area (Å²) in [5.41, 5.74) is 0.905. The van der Waals surface area contributed by atoms with Crippen LogP contribution in [-0.4, -0.2) is 123 Å². The van der Waals surface area contributed by atoms with Gasteiger partial charge in [-0.15, -0.1) is 0 Å². The lowest BCUT2D eigenvalue weighted by Gasteiger charge is -2.40. The molecule has 8 atom stereocenters. The average molecular weight is 730 g/mol. The molecule has 1 aliphatic heterocycles. The molecular weight excluding hydrogens is 662 g/mol. The largest absolute Gasteiger partial charge is 0.467 e. The van der Waals surface area contributed by atoms with Gasteiger partial charge in [-0.2, -0.15) is 0 Å². The third-order valence-electron chi connectivity index (χ3n) is 10.6. The van der Waals surface area contributed by atoms with E-state index in [0.717, 1.165) is 24.8 Å². The number of likely N-dealkylation sites (N-methyl/N-ethyl adjacent to an activating group) is 2. The van der Waals surface area contributed by atoms with Crippen LogP contribution in [0.5, 0.6) is 0 Å². The van der Waals surface area contributed by atoms with E-state index < -0.39 is 36.1 Å². The Hall–Kier alpha value is -3.51. The molecule has 0 saturated carbocycles. The highest BCUT2D eigenvalue weighted by Gasteiger charge is 2.40. The van der Waals surface area contributed by atoms with E-state index in [-0.39, 0.29) is 59.9 Å². The maximum atomic E-state index is 14.2. The van der Waals surface area contributed by atoms with Gasteiger partial charge >= 0.3 is 5.97 Å². The summed E-state index contributed by atoms with van der Waals surface area (Å²) < 4.78 is 11.0. The van der Waals surface area contributed by atoms with Crippen molar-refractivity contribution in [3.63, 3.8) is 0 Å². The Balaban J connectivity index is 2.19. The predicted octanol–water partition coefficient (Wildman–Crippen LogP) is 3.91. The van der Waals surface area contributed by atoms with Crippen LogP contribution in [0, 0.1) is 23.7 Å². The standard InChI is InChI=1S/C40H67N5O7/c1-13-27(6)36(44(10)39(49)34(25(2)3)42-38(48)35(26(4)5)43(8)9)32(51-11)24-33(46)45-21-17-20-30(45)22-28(7)37(47)41-31(40(50)52-12)23-29-18-15-14-16-19-29/h14-16,18-19,25-28,30-32,34-36H,13,17,20-24H2,1-12H3,(H,41,47)(H,42,48)/t27-,28+,30-,31-,32+,34-,35-,36-/m0/s1. The first-order valence-electron chi connectivity index (χ1n) is 19.0. The maximum Gasteiger partial charge on any atom is 0.328 e. The summed E-state index contributed by atoms with van der Waals surface area (Å²) in [5, 5.41) is 5.91. The van der Waals surface area contributed by atoms with Gasteiger partial charge < -0.3 is 29.9 Å². The molecule has 4 amide bonds. The van der Waals surface area contributed by atoms with Crippen molar-refractivity contribution in [1.82, 2.24) is 25.3 Å². The summed E-state index contributed by atoms with van der Waals surface area (Å²) >= 11 is 0. The molecule has 1 heterocycles. The quantitative estimate of drug-likeness (QED) is 0.193. The Bertz CT molecular complexity index is 1300. The molecule has 0 unspecified atom stereocenters. The first kappa shape index (κ1) is 44.7. The maximum absolute atomic E-state index is 14.2. The van der Waals surface area contributed by atoms with Crippen molar-refractivity contribution in [2.45, 2.75) is 123 Å². The number of carbonyl (C=O) groups is 5. The van der Waals surface area contributed by atoms with Crippen molar-refractivity contribution < 1.29 is 33.4 Å². The molecule has 1 aromatic rings. The van der Waals surface area contributed by atoms with E-state index in [2.05, 4.69) is 10.6 Å². The summed E-state index contributed by atoms with van der Waals surface area (Å²) in [6.45, 7) is 14.3. The molecule has 0 spiro atoms. The Kier molecular flexibility index (Phi) is 18.3. The van der Waals surface area contributed by atoms with E-state index in [9.17, 15) is 24.0 Å². The molecule has 2 rings (SSSR count). The summed E-state index contributed by atoms with van der Waals surface area (Å²) in [7, 11) is 8.32. The van der Waals surface area contributed by atoms with Gasteiger partial charge in [0.05, 0.1) is 31.7 Å². The smallest absolute Gasteiger partial charge is 0.328 e. The van der Waals surface area contributed by atoms with E-state index >= 15 is 0 Å². The zero-order valence-corrected chi connectivity index (χ0v) is 33.8. The number of nitrogens with one attached hydrogen (secondary N) is 2. The number of likely N-dealkylation sites (tertiary alicyclic amines) is 1. The second kappa shape index (κ2) is 21.3. The van der Waals surface area contributed by atoms with Crippen molar-refractivity contribution in [3.05, 3.63) is 35.9 Å². The van der Waals surface area contributed by atoms with Gasteiger partial charge in [0.1, 0.15) is 12.1 Å². The average Bonchev–Trinajstić information content (AvgIpc) is 3.57. The molecule has 0 bridgehead atoms. The highest BCUT2D eigenvalue weighted by atomic mass is 16.5. The van der Waals surface area contributed by atoms with Crippen molar-refractivity contribution in [2.75, 3.05) is 41.9 Å². The molecule has 1 saturated heterocycles. The number of methoxy groups -OCH3 is 2. The van der Waals surface area contributed by atoms with E-state index in [1.165, 1.54) is 7.11 Å². The third kappa shape index (κ3) is 12.3. The lowest BCUT2D eigenvalue weighted by Crippen LogP contribution is -2.59. The second-order valence-corrected chi connectivity index (χ2v) is 15.5. The summed E-state index contributed by atoms with van der Waals surface area (Å²) in [6, 6.07) is 6.91. The highest BCUT2D eigenvalue weighted by Crippen LogP contribution is 2.28. The SMILES string of the molecule is CC[C@H](C)[C@@H]([C@@H](CC(=O)N1CCC[C@H]1C[C@@H](C)C(=O)N[C@@H](Cc1ccccc1)C(=O)OC)OC)N(C)C(=O)[C@@H](NC(=O)[C@H](C(C)C)N(C)C)C(C)C. The minimum atomic E-state index is -0.823. The van der Waals surface area contributed by atoms with Crippen molar-refractivity contribution in [2.24, 2.45) is 23.7 Å². The van der Waals surface area contributed by atoms with Gasteiger partial charge in [-0.05, 0) is 56.7 Å². The van der Waals surface area contributed by atoms with Gasteiger partial charge in [-0.3, -0.25) is 24.1 Å². The van der Waals surface area contributed by atoms with Gasteiger partial charge in [0.25, 0.3) is 0 Å². The van der Waals surface area contributed by atoms with Crippen LogP contribution in [0.2, 0.25) is 0 Å². The van der Waals surface area contributed by atoms with Gasteiger partial charge in [0.2, 0.25) is 23.6 Å². The first-order chi connectivity index (χ1) is 24.5. The Morgan fingerprint density at radius 3 is 2.06 bits per heavy atom. The number of amides is 4. The molecule has 12 nitrogen and oxygen atoms in total. The van der Waals surface area contributed by atoms with Crippen molar-refractivity contribution in [3.8, 4) is 0 Å². The van der Waals surface area contributed by atoms with Crippen LogP contribution in [-0.2, 0) is 39.9 Å². The molecule has 294 valence electrons. The molecule has 0 aliphatic carbocycles. The fraction of sp³-hybridized carbons (Fsp3) is 0.725. The van der Waals surface area contributed by atoms with Gasteiger partial charge in [0, 0.05) is 39.1 Å². The summed E-state index contributed by atoms with van der Waals surface area (Å²) in [6.07, 6.45) is 2.56. The van der Waals surface area contributed by atoms with Crippen LogP contribution < -0.4 is 10.6 Å². The molecule has 0 radical (unpaired) electrons. The predicted molar refractivity (Wildman–Crippen MR) is 203 cm³/mol. The number of rotatable bonds is 20. The number of nitrogens with zero attached hydrogens (tertiary/aromatic N) is 3. The van der Waals surface area contributed by atoms with Crippen molar-refractivity contribution >= 4 is 29.6 Å². The molecule has 0 aromatic heterocycles. The topological polar surface area (TPSA) is 138 Å². The first-order valence-corrected chi connectivity index (χ1v) is 19.0. The molecule has 1 aliphatic rings. The van der Waals surface area contributed by atoms with Crippen LogP contribution >= 0.6 is 0 Å². The normalized spacial score (nSPS) is 18.7. The fourth-order valence-electron chi connectivity index (χ4n) is 7.55. The summed E-state index contributed by atoms with van der Waals surface area (Å²) in [5.74, 6) is -1.86. The van der Waals surface area contributed by atoms with E-state index in [0.29, 0.717) is 19.4 Å². The third-order valence-corrected chi connectivity index (χ3v) is 10.6. The molecule has 12 heteroatoms. The lowest BCUT2D eigenvalue weighted by molar-refractivity contribution is -0.146. The minimum absolute atomic E-state index is 0.00265. The summed E-state index contributed by atoms with van der Waals surface area (Å²) in [4.78, 5) is 72.8. The number of esters is 1. The second-order valence-electron chi connectivity index (χ2n) is 15.5. The van der Waals surface area contributed by atoms with Crippen LogP contribution in [0.3, 0.4) is 0 Å². The van der Waals surface area contributed by atoms with Crippen molar-refractivity contribution in [1.29, 1.82) is 0 Å². The lowest BCUT2D eigenvalue weighted by atomic mass is 9.89. The van der Waals surface area contributed by atoms with E-state index in [1.807, 2.05) is 103 Å². The molecule has 52 heavy (non-hydrogen) atoms. The van der Waals surface area contributed by atoms with Crippen LogP contribution in [0.1, 0.15) is 86.1 Å². The zero-order chi connectivity index (χ0) is 39.3. The number of hydrogen-bond donors (Lipinski definition) is 2. The number of hydrogen-bond acceptors (Lipinski definition) is 8. The molecule has 1 aromatic carbocycles. The minimum Gasteiger partial charge on any atom is -0.467 e. The molecule has 1 fully saturated rings. The Labute approximate surface area is 312 Å². The van der Waals surface area contributed by atoms with Crippen LogP contribution in [0.15, 0.2) is 30.3 Å². The van der Waals surface area contributed by atoms with Crippen LogP contribution in [0.4, 0.5) is 0 Å². The van der Waals surface area contributed by atoms with E-state index in [4.69, 9.17) is 9.47 Å². The Morgan fingerprint density at radius 2 is 1.54 bits per heavy atom. The van der Waals surface area contributed by atoms with Gasteiger partial charge in [-0.25, -0.2) is 4.79 Å². The Morgan fingerprint density at radius 1 is 0.904 bits per heavy atom. The van der Waals surface area contributed by atoms with E-state index in [1.54, 1.807) is 19.1 Å². The molecular formula is C40H67N5O7. The van der Waals surface area contributed by atoms with Gasteiger partial charge in [0.15, 0.2) is 0 Å². The fourth-order valence-corrected chi connectivity index (χ4v) is 7.55. The number of benzene rings is 1. The zero-order valence-electron chi connectivity index (χ0n) is 33.8. The highest BCUT2D eigenvalue weighted by molar-refractivity contribution is 5.90. The number of ether oxygens (including phenoxy) is 2. The monoisotopic (exact) mass is 730 g/mol. The van der Waals surface area contributed by atoms with Gasteiger partial charge in [-0.1, -0.05) is 85.2 Å². The number of carbonyl (C=O) groups excluding carboxylic acids is 5. The van der Waals surface area contributed by atoms with Crippen LogP contribution in [0.25, 0.3) is 0 Å². The molecule has 2 N–H and O–H groups in total.